The maximum absolute atomic E-state index is 13.4. The zero-order valence-electron chi connectivity index (χ0n) is 19.4. The van der Waals surface area contributed by atoms with Gasteiger partial charge in [0.25, 0.3) is 11.8 Å². The number of aromatic nitrogens is 3. The molecule has 1 atom stereocenters. The summed E-state index contributed by atoms with van der Waals surface area (Å²) in [7, 11) is 1.81. The molecule has 0 saturated heterocycles. The first-order valence-corrected chi connectivity index (χ1v) is 12.0. The number of pyridine rings is 1. The molecule has 3 aromatic rings. The van der Waals surface area contributed by atoms with Crippen molar-refractivity contribution in [3.8, 4) is 11.9 Å². The lowest BCUT2D eigenvalue weighted by atomic mass is 9.96. The lowest BCUT2D eigenvalue weighted by molar-refractivity contribution is 0.0918. The Bertz CT molecular complexity index is 1340. The molecule has 0 aliphatic heterocycles. The number of hydrogen-bond acceptors (Lipinski definition) is 5. The van der Waals surface area contributed by atoms with Gasteiger partial charge in [-0.25, -0.2) is 9.67 Å². The normalized spacial score (nSPS) is 14.7. The zero-order valence-corrected chi connectivity index (χ0v) is 21.6. The number of carbonyl (C=O) groups excluding carboxylic acids is 2. The van der Waals surface area contributed by atoms with E-state index in [9.17, 15) is 14.9 Å². The van der Waals surface area contributed by atoms with Crippen LogP contribution in [-0.2, 0) is 0 Å². The number of halogens is 1. The minimum absolute atomic E-state index is 0.141. The third-order valence-electron chi connectivity index (χ3n) is 6.03. The molecule has 34 heavy (non-hydrogen) atoms. The summed E-state index contributed by atoms with van der Waals surface area (Å²) < 4.78 is 2.37. The first kappa shape index (κ1) is 23.9. The van der Waals surface area contributed by atoms with Crippen LogP contribution in [0.1, 0.15) is 51.7 Å². The quantitative estimate of drug-likeness (QED) is 0.352. The molecular weight excluding hydrogens is 542 g/mol. The number of amides is 2. The van der Waals surface area contributed by atoms with Crippen molar-refractivity contribution in [1.29, 1.82) is 5.26 Å². The molecule has 1 saturated carbocycles. The molecule has 1 aliphatic carbocycles. The number of nitrogens with zero attached hydrogens (tertiary/aromatic N) is 4. The molecule has 1 unspecified atom stereocenters. The summed E-state index contributed by atoms with van der Waals surface area (Å²) in [4.78, 5) is 31.1. The summed E-state index contributed by atoms with van der Waals surface area (Å²) in [5.74, 6) is -0.0954. The molecule has 1 fully saturated rings. The first-order valence-electron chi connectivity index (χ1n) is 11.0. The Hall–Kier alpha value is -3.20. The van der Waals surface area contributed by atoms with Crippen LogP contribution in [0.2, 0.25) is 0 Å². The lowest BCUT2D eigenvalue weighted by Gasteiger charge is -2.24. The van der Waals surface area contributed by atoms with Crippen molar-refractivity contribution in [2.75, 3.05) is 5.32 Å². The van der Waals surface area contributed by atoms with Gasteiger partial charge in [-0.15, -0.1) is 0 Å². The molecule has 172 valence electrons. The molecule has 10 heteroatoms. The van der Waals surface area contributed by atoms with Crippen LogP contribution in [0.15, 0.2) is 36.5 Å². The molecule has 0 radical (unpaired) electrons. The average molecular weight is 566 g/mol. The van der Waals surface area contributed by atoms with Crippen molar-refractivity contribution < 1.29 is 9.59 Å². The molecule has 2 heterocycles. The van der Waals surface area contributed by atoms with Crippen molar-refractivity contribution in [3.63, 3.8) is 0 Å². The Balaban J connectivity index is 1.69. The molecule has 8 nitrogen and oxygen atoms in total. The molecule has 2 N–H and O–H groups in total. The Morgan fingerprint density at radius 1 is 1.24 bits per heavy atom. The second-order valence-corrected chi connectivity index (χ2v) is 10.1. The summed E-state index contributed by atoms with van der Waals surface area (Å²) in [6, 6.07) is 11.3. The van der Waals surface area contributed by atoms with Gasteiger partial charge in [0.1, 0.15) is 11.2 Å². The van der Waals surface area contributed by atoms with E-state index in [1.54, 1.807) is 33.1 Å². The highest BCUT2D eigenvalue weighted by Gasteiger charge is 2.43. The molecule has 2 aromatic heterocycles. The number of hydrogen-bond donors (Lipinski definition) is 2. The van der Waals surface area contributed by atoms with Gasteiger partial charge >= 0.3 is 0 Å². The lowest BCUT2D eigenvalue weighted by Crippen LogP contribution is -2.47. The maximum atomic E-state index is 13.4. The fourth-order valence-electron chi connectivity index (χ4n) is 3.97. The van der Waals surface area contributed by atoms with E-state index in [0.29, 0.717) is 28.4 Å². The first-order chi connectivity index (χ1) is 16.1. The molecule has 0 spiro atoms. The van der Waals surface area contributed by atoms with E-state index < -0.39 is 17.4 Å². The van der Waals surface area contributed by atoms with Gasteiger partial charge in [0.2, 0.25) is 0 Å². The maximum Gasteiger partial charge on any atom is 0.274 e. The minimum Gasteiger partial charge on any atom is -0.334 e. The summed E-state index contributed by atoms with van der Waals surface area (Å²) in [5, 5.41) is 20.0. The van der Waals surface area contributed by atoms with Crippen molar-refractivity contribution >= 4 is 53.5 Å². The number of aryl methyl sites for hydroxylation is 2. The van der Waals surface area contributed by atoms with Gasteiger partial charge in [-0.1, -0.05) is 6.07 Å². The van der Waals surface area contributed by atoms with Gasteiger partial charge in [0, 0.05) is 15.4 Å². The summed E-state index contributed by atoms with van der Waals surface area (Å²) >= 11 is 2.14. The molecule has 2 amide bonds. The number of nitrogens with one attached hydrogen (secondary N) is 2. The van der Waals surface area contributed by atoms with E-state index >= 15 is 0 Å². The number of anilines is 1. The summed E-state index contributed by atoms with van der Waals surface area (Å²) in [5.41, 5.74) is 2.37. The Morgan fingerprint density at radius 2 is 1.97 bits per heavy atom. The van der Waals surface area contributed by atoms with E-state index in [1.165, 1.54) is 4.68 Å². The molecule has 0 bridgehead atoms. The van der Waals surface area contributed by atoms with Crippen LogP contribution in [-0.4, -0.2) is 40.0 Å². The van der Waals surface area contributed by atoms with Crippen molar-refractivity contribution in [2.24, 2.45) is 5.92 Å². The topological polar surface area (TPSA) is 113 Å². The van der Waals surface area contributed by atoms with E-state index in [1.807, 2.05) is 32.0 Å². The number of benzene rings is 1. The fraction of sp³-hybridized carbons (Fsp3) is 0.292. The number of nitriles is 1. The Labute approximate surface area is 212 Å². The minimum atomic E-state index is -0.945. The SMILES string of the molecule is Bc1cc(C(=O)Nc2c(C)cc(I)cc2C(=O)NC(C)(C#N)C2CC2)n(-c2ncccc2C)n1. The van der Waals surface area contributed by atoms with Crippen molar-refractivity contribution in [3.05, 3.63) is 62.5 Å². The summed E-state index contributed by atoms with van der Waals surface area (Å²) in [6.45, 7) is 5.49. The number of carbonyl (C=O) groups is 2. The van der Waals surface area contributed by atoms with E-state index in [4.69, 9.17) is 0 Å². The molecular formula is C24H24BIN6O2. The van der Waals surface area contributed by atoms with Crippen LogP contribution in [0, 0.1) is 34.7 Å². The van der Waals surface area contributed by atoms with Crippen LogP contribution < -0.4 is 16.2 Å². The molecule has 1 aromatic carbocycles. The second kappa shape index (κ2) is 9.21. The monoisotopic (exact) mass is 566 g/mol. The van der Waals surface area contributed by atoms with E-state index in [-0.39, 0.29) is 5.92 Å². The van der Waals surface area contributed by atoms with Crippen molar-refractivity contribution in [1.82, 2.24) is 20.1 Å². The highest BCUT2D eigenvalue weighted by atomic mass is 127. The van der Waals surface area contributed by atoms with Gasteiger partial charge < -0.3 is 10.6 Å². The van der Waals surface area contributed by atoms with Gasteiger partial charge in [0.15, 0.2) is 13.7 Å². The smallest absolute Gasteiger partial charge is 0.274 e. The predicted molar refractivity (Wildman–Crippen MR) is 140 cm³/mol. The largest absolute Gasteiger partial charge is 0.334 e. The van der Waals surface area contributed by atoms with Gasteiger partial charge in [0.05, 0.1) is 17.3 Å². The van der Waals surface area contributed by atoms with Crippen molar-refractivity contribution in [2.45, 2.75) is 39.2 Å². The highest BCUT2D eigenvalue weighted by molar-refractivity contribution is 14.1. The highest BCUT2D eigenvalue weighted by Crippen LogP contribution is 2.39. The Morgan fingerprint density at radius 3 is 2.62 bits per heavy atom. The van der Waals surface area contributed by atoms with Gasteiger partial charge in [-0.2, -0.15) is 10.4 Å². The third-order valence-corrected chi connectivity index (χ3v) is 6.65. The average Bonchev–Trinajstić information content (AvgIpc) is 3.58. The molecule has 4 rings (SSSR count). The van der Waals surface area contributed by atoms with Crippen LogP contribution in [0.5, 0.6) is 0 Å². The molecule has 1 aliphatic rings. The second-order valence-electron chi connectivity index (χ2n) is 8.87. The van der Waals surface area contributed by atoms with Crippen LogP contribution >= 0.6 is 22.6 Å². The van der Waals surface area contributed by atoms with Gasteiger partial charge in [-0.05, 0) is 97.5 Å². The predicted octanol–water partition coefficient (Wildman–Crippen LogP) is 2.42. The van der Waals surface area contributed by atoms with E-state index in [2.05, 4.69) is 49.4 Å². The summed E-state index contributed by atoms with van der Waals surface area (Å²) in [6.07, 6.45) is 3.48. The van der Waals surface area contributed by atoms with Crippen LogP contribution in [0.3, 0.4) is 0 Å². The van der Waals surface area contributed by atoms with Gasteiger partial charge in [-0.3, -0.25) is 9.59 Å². The number of rotatable bonds is 6. The fourth-order valence-corrected chi connectivity index (χ4v) is 4.75. The zero-order chi connectivity index (χ0) is 24.6. The Kier molecular flexibility index (Phi) is 6.49. The standard InChI is InChI=1S/C24H24BIN6O2/c1-13-5-4-8-28-21(13)32-18(11-19(25)31-32)23(34)29-20-14(2)9-16(26)10-17(20)22(33)30-24(3,12-27)15-6-7-15/h4-5,8-11,15H,6-7,25H2,1-3H3,(H,29,34)(H,30,33). The van der Waals surface area contributed by atoms with Crippen LogP contribution in [0.4, 0.5) is 5.69 Å². The van der Waals surface area contributed by atoms with E-state index in [0.717, 1.165) is 27.5 Å². The van der Waals surface area contributed by atoms with Crippen LogP contribution in [0.25, 0.3) is 5.82 Å². The third kappa shape index (κ3) is 4.70.